The molecule has 1 aliphatic rings. The number of hydrazine groups is 1. The minimum Gasteiger partial charge on any atom is -0.368 e. The molecular formula is C10H20N2O2. The highest BCUT2D eigenvalue weighted by Gasteiger charge is 2.14. The molecule has 0 heterocycles. The third-order valence-corrected chi connectivity index (χ3v) is 2.41. The summed E-state index contributed by atoms with van der Waals surface area (Å²) in [7, 11) is 0. The van der Waals surface area contributed by atoms with Gasteiger partial charge in [0.25, 0.3) is 5.91 Å². The highest BCUT2D eigenvalue weighted by molar-refractivity contribution is 5.76. The number of carbonyl (C=O) groups excluding carboxylic acids is 1. The summed E-state index contributed by atoms with van der Waals surface area (Å²) in [5, 5.41) is 0. The smallest absolute Gasteiger partial charge is 0.260 e. The van der Waals surface area contributed by atoms with Gasteiger partial charge >= 0.3 is 0 Å². The molecule has 0 aliphatic heterocycles. The zero-order valence-electron chi connectivity index (χ0n) is 8.84. The lowest BCUT2D eigenvalue weighted by molar-refractivity contribution is -0.129. The number of ether oxygens (including phenoxy) is 1. The predicted octanol–water partition coefficient (Wildman–Crippen LogP) is 0.976. The van der Waals surface area contributed by atoms with Gasteiger partial charge in [0.1, 0.15) is 6.61 Å². The molecule has 0 aromatic carbocycles. The van der Waals surface area contributed by atoms with E-state index in [4.69, 9.17) is 4.74 Å². The van der Waals surface area contributed by atoms with E-state index in [-0.39, 0.29) is 12.5 Å². The molecule has 4 heteroatoms. The van der Waals surface area contributed by atoms with Crippen molar-refractivity contribution in [2.24, 2.45) is 0 Å². The zero-order valence-corrected chi connectivity index (χ0v) is 8.84. The SMILES string of the molecule is CCNNC(=O)COC1CCCCC1. The van der Waals surface area contributed by atoms with Crippen LogP contribution in [0.4, 0.5) is 0 Å². The predicted molar refractivity (Wildman–Crippen MR) is 54.6 cm³/mol. The molecule has 4 nitrogen and oxygen atoms in total. The average Bonchev–Trinajstić information content (AvgIpc) is 2.25. The van der Waals surface area contributed by atoms with Crippen LogP contribution in [0.25, 0.3) is 0 Å². The fourth-order valence-electron chi connectivity index (χ4n) is 1.65. The molecule has 1 saturated carbocycles. The molecule has 0 saturated heterocycles. The van der Waals surface area contributed by atoms with E-state index >= 15 is 0 Å². The summed E-state index contributed by atoms with van der Waals surface area (Å²) in [6.07, 6.45) is 6.29. The van der Waals surface area contributed by atoms with Gasteiger partial charge in [-0.1, -0.05) is 26.2 Å². The van der Waals surface area contributed by atoms with Crippen molar-refractivity contribution in [3.8, 4) is 0 Å². The number of hydrogen-bond acceptors (Lipinski definition) is 3. The van der Waals surface area contributed by atoms with E-state index in [0.29, 0.717) is 6.10 Å². The van der Waals surface area contributed by atoms with Crippen molar-refractivity contribution in [1.82, 2.24) is 10.9 Å². The molecule has 0 atom stereocenters. The standard InChI is InChI=1S/C10H20N2O2/c1-2-11-12-10(13)8-14-9-6-4-3-5-7-9/h9,11H,2-8H2,1H3,(H,12,13). The Kier molecular flexibility index (Phi) is 5.56. The molecule has 1 aliphatic carbocycles. The largest absolute Gasteiger partial charge is 0.368 e. The van der Waals surface area contributed by atoms with Crippen molar-refractivity contribution in [2.75, 3.05) is 13.2 Å². The molecule has 0 aromatic rings. The van der Waals surface area contributed by atoms with Gasteiger partial charge in [0.05, 0.1) is 6.10 Å². The molecule has 1 rings (SSSR count). The fraction of sp³-hybridized carbons (Fsp3) is 0.900. The Labute approximate surface area is 85.4 Å². The van der Waals surface area contributed by atoms with E-state index in [9.17, 15) is 4.79 Å². The summed E-state index contributed by atoms with van der Waals surface area (Å²) in [6, 6.07) is 0. The normalized spacial score (nSPS) is 18.1. The molecule has 0 spiro atoms. The lowest BCUT2D eigenvalue weighted by Gasteiger charge is -2.21. The maximum Gasteiger partial charge on any atom is 0.260 e. The summed E-state index contributed by atoms with van der Waals surface area (Å²) < 4.78 is 5.49. The third kappa shape index (κ3) is 4.58. The Morgan fingerprint density at radius 1 is 1.36 bits per heavy atom. The van der Waals surface area contributed by atoms with Crippen molar-refractivity contribution in [3.63, 3.8) is 0 Å². The maximum absolute atomic E-state index is 11.1. The molecule has 14 heavy (non-hydrogen) atoms. The fourth-order valence-corrected chi connectivity index (χ4v) is 1.65. The molecule has 1 amide bonds. The Morgan fingerprint density at radius 2 is 2.07 bits per heavy atom. The topological polar surface area (TPSA) is 50.4 Å². The van der Waals surface area contributed by atoms with E-state index in [1.54, 1.807) is 0 Å². The number of hydrogen-bond donors (Lipinski definition) is 2. The Morgan fingerprint density at radius 3 is 2.71 bits per heavy atom. The van der Waals surface area contributed by atoms with Gasteiger partial charge in [-0.2, -0.15) is 0 Å². The minimum absolute atomic E-state index is 0.0857. The van der Waals surface area contributed by atoms with Crippen LogP contribution >= 0.6 is 0 Å². The number of amides is 1. The Bertz CT molecular complexity index is 168. The van der Waals surface area contributed by atoms with E-state index < -0.39 is 0 Å². The quantitative estimate of drug-likeness (QED) is 0.650. The zero-order chi connectivity index (χ0) is 10.2. The number of rotatable bonds is 5. The first-order chi connectivity index (χ1) is 6.83. The van der Waals surface area contributed by atoms with Crippen LogP contribution in [0.5, 0.6) is 0 Å². The average molecular weight is 200 g/mol. The molecule has 0 aromatic heterocycles. The minimum atomic E-state index is -0.0857. The van der Waals surface area contributed by atoms with Gasteiger partial charge in [0, 0.05) is 6.54 Å². The second kappa shape index (κ2) is 6.79. The lowest BCUT2D eigenvalue weighted by Crippen LogP contribution is -2.40. The van der Waals surface area contributed by atoms with Gasteiger partial charge in [-0.3, -0.25) is 10.2 Å². The summed E-state index contributed by atoms with van der Waals surface area (Å²) in [6.45, 7) is 2.84. The van der Waals surface area contributed by atoms with Gasteiger partial charge in [0.2, 0.25) is 0 Å². The number of carbonyl (C=O) groups is 1. The Balaban J connectivity index is 2.03. The highest BCUT2D eigenvalue weighted by atomic mass is 16.5. The second-order valence-corrected chi connectivity index (χ2v) is 3.65. The van der Waals surface area contributed by atoms with Crippen LogP contribution in [0.1, 0.15) is 39.0 Å². The van der Waals surface area contributed by atoms with Crippen molar-refractivity contribution >= 4 is 5.91 Å². The van der Waals surface area contributed by atoms with E-state index in [0.717, 1.165) is 19.4 Å². The van der Waals surface area contributed by atoms with Crippen LogP contribution in [0.15, 0.2) is 0 Å². The maximum atomic E-state index is 11.1. The summed E-state index contributed by atoms with van der Waals surface area (Å²) in [5.74, 6) is -0.0857. The summed E-state index contributed by atoms with van der Waals surface area (Å²) in [5.41, 5.74) is 5.31. The monoisotopic (exact) mass is 200 g/mol. The van der Waals surface area contributed by atoms with Crippen molar-refractivity contribution in [3.05, 3.63) is 0 Å². The lowest BCUT2D eigenvalue weighted by atomic mass is 9.98. The Hall–Kier alpha value is -0.610. The van der Waals surface area contributed by atoms with Crippen molar-refractivity contribution in [2.45, 2.75) is 45.1 Å². The molecule has 82 valence electrons. The number of nitrogens with one attached hydrogen (secondary N) is 2. The molecule has 0 unspecified atom stereocenters. The molecule has 0 radical (unpaired) electrons. The third-order valence-electron chi connectivity index (χ3n) is 2.41. The summed E-state index contributed by atoms with van der Waals surface area (Å²) in [4.78, 5) is 11.1. The van der Waals surface area contributed by atoms with Gasteiger partial charge in [-0.05, 0) is 12.8 Å². The van der Waals surface area contributed by atoms with Gasteiger partial charge in [0.15, 0.2) is 0 Å². The first kappa shape index (κ1) is 11.5. The van der Waals surface area contributed by atoms with Crippen LogP contribution in [0, 0.1) is 0 Å². The summed E-state index contributed by atoms with van der Waals surface area (Å²) >= 11 is 0. The van der Waals surface area contributed by atoms with Gasteiger partial charge in [-0.25, -0.2) is 5.43 Å². The second-order valence-electron chi connectivity index (χ2n) is 3.65. The van der Waals surface area contributed by atoms with Crippen LogP contribution in [-0.2, 0) is 9.53 Å². The van der Waals surface area contributed by atoms with E-state index in [1.165, 1.54) is 19.3 Å². The van der Waals surface area contributed by atoms with Crippen molar-refractivity contribution in [1.29, 1.82) is 0 Å². The van der Waals surface area contributed by atoms with Crippen LogP contribution in [-0.4, -0.2) is 25.2 Å². The van der Waals surface area contributed by atoms with Gasteiger partial charge < -0.3 is 4.74 Å². The molecule has 0 bridgehead atoms. The van der Waals surface area contributed by atoms with E-state index in [2.05, 4.69) is 10.9 Å². The van der Waals surface area contributed by atoms with Crippen molar-refractivity contribution < 1.29 is 9.53 Å². The first-order valence-electron chi connectivity index (χ1n) is 5.46. The van der Waals surface area contributed by atoms with Crippen LogP contribution in [0.2, 0.25) is 0 Å². The molecule has 1 fully saturated rings. The van der Waals surface area contributed by atoms with Crippen LogP contribution in [0.3, 0.4) is 0 Å². The highest BCUT2D eigenvalue weighted by Crippen LogP contribution is 2.19. The van der Waals surface area contributed by atoms with E-state index in [1.807, 2.05) is 6.92 Å². The van der Waals surface area contributed by atoms with Gasteiger partial charge in [-0.15, -0.1) is 0 Å². The molecular weight excluding hydrogens is 180 g/mol. The first-order valence-corrected chi connectivity index (χ1v) is 5.46. The van der Waals surface area contributed by atoms with Crippen LogP contribution < -0.4 is 10.9 Å². The molecule has 2 N–H and O–H groups in total.